The van der Waals surface area contributed by atoms with Crippen molar-refractivity contribution in [1.29, 1.82) is 0 Å². The van der Waals surface area contributed by atoms with Crippen molar-refractivity contribution >= 4 is 5.91 Å². The molecular weight excluding hydrogens is 322 g/mol. The highest BCUT2D eigenvalue weighted by atomic mass is 16.2. The minimum Gasteiger partial charge on any atom is -0.342 e. The molecule has 3 rings (SSSR count). The third-order valence-corrected chi connectivity index (χ3v) is 5.45. The van der Waals surface area contributed by atoms with E-state index in [-0.39, 0.29) is 5.91 Å². The van der Waals surface area contributed by atoms with Gasteiger partial charge in [0.15, 0.2) is 0 Å². The van der Waals surface area contributed by atoms with Gasteiger partial charge >= 0.3 is 0 Å². The Balaban J connectivity index is 1.45. The number of nitrogens with zero attached hydrogens (tertiary/aromatic N) is 2. The summed E-state index contributed by atoms with van der Waals surface area (Å²) >= 11 is 0. The van der Waals surface area contributed by atoms with E-state index in [2.05, 4.69) is 60.5 Å². The number of piperazine rings is 1. The van der Waals surface area contributed by atoms with Crippen LogP contribution in [0, 0.1) is 5.92 Å². The zero-order valence-electron chi connectivity index (χ0n) is 16.1. The second-order valence-electron chi connectivity index (χ2n) is 7.66. The predicted octanol–water partition coefficient (Wildman–Crippen LogP) is 2.05. The van der Waals surface area contributed by atoms with E-state index in [0.29, 0.717) is 12.0 Å². The molecule has 26 heavy (non-hydrogen) atoms. The number of amides is 1. The molecule has 1 fully saturated rings. The molecule has 1 saturated heterocycles. The van der Waals surface area contributed by atoms with Crippen molar-refractivity contribution in [3.8, 4) is 0 Å². The van der Waals surface area contributed by atoms with Gasteiger partial charge in [0, 0.05) is 49.3 Å². The number of nitrogens with two attached hydrogens (primary N) is 1. The molecule has 1 unspecified atom stereocenters. The van der Waals surface area contributed by atoms with E-state index in [4.69, 9.17) is 0 Å². The Morgan fingerprint density at radius 3 is 2.46 bits per heavy atom. The number of hydrogen-bond acceptors (Lipinski definition) is 2. The molecule has 0 spiro atoms. The molecule has 0 aromatic heterocycles. The molecule has 2 N–H and O–H groups in total. The fourth-order valence-corrected chi connectivity index (χ4v) is 3.68. The van der Waals surface area contributed by atoms with Crippen LogP contribution < -0.4 is 5.32 Å². The van der Waals surface area contributed by atoms with E-state index in [1.165, 1.54) is 5.56 Å². The number of hydrogen-bond donors (Lipinski definition) is 1. The molecule has 1 amide bonds. The van der Waals surface area contributed by atoms with Crippen LogP contribution in [0.5, 0.6) is 0 Å². The molecule has 140 valence electrons. The molecule has 1 aliphatic heterocycles. The number of rotatable bonds is 6. The number of quaternary nitrogens is 1. The molecule has 0 saturated carbocycles. The van der Waals surface area contributed by atoms with Crippen molar-refractivity contribution in [2.24, 2.45) is 5.92 Å². The van der Waals surface area contributed by atoms with Gasteiger partial charge in [0.1, 0.15) is 6.54 Å². The quantitative estimate of drug-likeness (QED) is 0.849. The number of carbonyl (C=O) groups excluding carboxylic acids is 1. The summed E-state index contributed by atoms with van der Waals surface area (Å²) in [5.74, 6) is 0.813. The number of allylic oxidation sites excluding steroid dienone is 3. The normalized spacial score (nSPS) is 20.7. The lowest BCUT2D eigenvalue weighted by Crippen LogP contribution is -2.83. The zero-order chi connectivity index (χ0) is 18.4. The van der Waals surface area contributed by atoms with Crippen molar-refractivity contribution in [3.63, 3.8) is 0 Å². The fourth-order valence-electron chi connectivity index (χ4n) is 3.68. The average molecular weight is 355 g/mol. The summed E-state index contributed by atoms with van der Waals surface area (Å²) < 4.78 is 0. The molecule has 4 heteroatoms. The van der Waals surface area contributed by atoms with Crippen LogP contribution in [0.1, 0.15) is 36.2 Å². The summed E-state index contributed by atoms with van der Waals surface area (Å²) in [4.78, 5) is 17.1. The first kappa shape index (κ1) is 18.9. The minimum atomic E-state index is 0.170. The molecule has 0 radical (unpaired) electrons. The zero-order valence-corrected chi connectivity index (χ0v) is 16.1. The second-order valence-corrected chi connectivity index (χ2v) is 7.66. The van der Waals surface area contributed by atoms with Gasteiger partial charge in [0.05, 0.1) is 6.54 Å². The van der Waals surface area contributed by atoms with Gasteiger partial charge in [-0.3, -0.25) is 9.69 Å². The summed E-state index contributed by atoms with van der Waals surface area (Å²) in [6.45, 7) is 10.1. The molecule has 1 aromatic rings. The van der Waals surface area contributed by atoms with E-state index in [1.807, 2.05) is 17.0 Å². The van der Waals surface area contributed by atoms with Gasteiger partial charge in [0.25, 0.3) is 5.91 Å². The maximum atomic E-state index is 12.7. The molecule has 1 aromatic carbocycles. The lowest BCUT2D eigenvalue weighted by molar-refractivity contribution is -0.674. The maximum Gasteiger partial charge on any atom is 0.253 e. The largest absolute Gasteiger partial charge is 0.342 e. The van der Waals surface area contributed by atoms with Crippen molar-refractivity contribution in [3.05, 3.63) is 59.7 Å². The fraction of sp³-hybridized carbons (Fsp3) is 0.500. The van der Waals surface area contributed by atoms with Gasteiger partial charge in [-0.15, -0.1) is 0 Å². The lowest BCUT2D eigenvalue weighted by atomic mass is 10.0. The van der Waals surface area contributed by atoms with Gasteiger partial charge < -0.3 is 10.2 Å². The first-order valence-corrected chi connectivity index (χ1v) is 9.91. The van der Waals surface area contributed by atoms with Crippen molar-refractivity contribution in [2.45, 2.75) is 32.9 Å². The third-order valence-electron chi connectivity index (χ3n) is 5.45. The Morgan fingerprint density at radius 2 is 1.85 bits per heavy atom. The first-order chi connectivity index (χ1) is 12.6. The molecule has 0 bridgehead atoms. The molecular formula is C22H32N3O+. The Bertz CT molecular complexity index is 640. The third kappa shape index (κ3) is 5.05. The summed E-state index contributed by atoms with van der Waals surface area (Å²) in [5.41, 5.74) is 2.09. The summed E-state index contributed by atoms with van der Waals surface area (Å²) in [7, 11) is 0. The predicted molar refractivity (Wildman–Crippen MR) is 106 cm³/mol. The molecule has 1 atom stereocenters. The Labute approximate surface area is 157 Å². The standard InChI is InChI=1S/C22H31N3O/c1-18(2)24-12-14-25(15-13-24)22(26)21-10-8-20(9-11-21)17-23-16-19-6-4-3-5-7-19/h3-6,8-11,18-19,23H,7,12-17H2,1-2H3/p+1. The van der Waals surface area contributed by atoms with E-state index in [0.717, 1.165) is 51.3 Å². The van der Waals surface area contributed by atoms with Crippen molar-refractivity contribution in [2.75, 3.05) is 32.7 Å². The van der Waals surface area contributed by atoms with Crippen LogP contribution in [-0.2, 0) is 6.54 Å². The monoisotopic (exact) mass is 354 g/mol. The van der Waals surface area contributed by atoms with Crippen LogP contribution in [0.2, 0.25) is 0 Å². The summed E-state index contributed by atoms with van der Waals surface area (Å²) in [6, 6.07) is 8.74. The van der Waals surface area contributed by atoms with Crippen molar-refractivity contribution in [1.82, 2.24) is 9.80 Å². The maximum absolute atomic E-state index is 12.7. The Morgan fingerprint density at radius 1 is 1.12 bits per heavy atom. The molecule has 1 heterocycles. The van der Waals surface area contributed by atoms with Gasteiger partial charge in [0.2, 0.25) is 0 Å². The second kappa shape index (κ2) is 9.15. The summed E-state index contributed by atoms with van der Waals surface area (Å²) in [5, 5.41) is 2.36. The topological polar surface area (TPSA) is 40.2 Å². The van der Waals surface area contributed by atoms with Gasteiger partial charge in [-0.1, -0.05) is 36.4 Å². The van der Waals surface area contributed by atoms with E-state index < -0.39 is 0 Å². The van der Waals surface area contributed by atoms with Gasteiger partial charge in [-0.2, -0.15) is 0 Å². The molecule has 1 aliphatic carbocycles. The molecule has 4 nitrogen and oxygen atoms in total. The van der Waals surface area contributed by atoms with Crippen LogP contribution in [-0.4, -0.2) is 54.5 Å². The summed E-state index contributed by atoms with van der Waals surface area (Å²) in [6.07, 6.45) is 9.93. The lowest BCUT2D eigenvalue weighted by Gasteiger charge is -2.37. The van der Waals surface area contributed by atoms with Crippen LogP contribution in [0.15, 0.2) is 48.6 Å². The first-order valence-electron chi connectivity index (χ1n) is 9.91. The average Bonchev–Trinajstić information content (AvgIpc) is 2.69. The van der Waals surface area contributed by atoms with Gasteiger partial charge in [-0.05, 0) is 32.4 Å². The smallest absolute Gasteiger partial charge is 0.253 e. The van der Waals surface area contributed by atoms with E-state index in [1.54, 1.807) is 0 Å². The van der Waals surface area contributed by atoms with Crippen LogP contribution >= 0.6 is 0 Å². The highest BCUT2D eigenvalue weighted by Crippen LogP contribution is 2.12. The molecule has 2 aliphatic rings. The number of carbonyl (C=O) groups is 1. The Kier molecular flexibility index (Phi) is 6.64. The SMILES string of the molecule is CC(C)N1CCN(C(=O)c2ccc(C[NH2+]CC3C=CC=CC3)cc2)CC1. The van der Waals surface area contributed by atoms with Crippen LogP contribution in [0.4, 0.5) is 0 Å². The van der Waals surface area contributed by atoms with Gasteiger partial charge in [-0.25, -0.2) is 0 Å². The Hall–Kier alpha value is -1.91. The van der Waals surface area contributed by atoms with E-state index >= 15 is 0 Å². The van der Waals surface area contributed by atoms with E-state index in [9.17, 15) is 4.79 Å². The van der Waals surface area contributed by atoms with Crippen molar-refractivity contribution < 1.29 is 10.1 Å². The number of benzene rings is 1. The highest BCUT2D eigenvalue weighted by Gasteiger charge is 2.23. The van der Waals surface area contributed by atoms with Crippen LogP contribution in [0.3, 0.4) is 0 Å². The van der Waals surface area contributed by atoms with Crippen LogP contribution in [0.25, 0.3) is 0 Å². The minimum absolute atomic E-state index is 0.170. The highest BCUT2D eigenvalue weighted by molar-refractivity contribution is 5.94.